The van der Waals surface area contributed by atoms with E-state index in [1.54, 1.807) is 0 Å². The highest BCUT2D eigenvalue weighted by Crippen LogP contribution is 2.18. The van der Waals surface area contributed by atoms with E-state index in [2.05, 4.69) is 15.6 Å². The molecule has 1 aromatic heterocycles. The highest BCUT2D eigenvalue weighted by molar-refractivity contribution is 7.14. The molecular weight excluding hydrogens is 336 g/mol. The van der Waals surface area contributed by atoms with E-state index in [0.29, 0.717) is 10.8 Å². The largest absolute Gasteiger partial charge is 0.342 e. The Morgan fingerprint density at radius 1 is 1.12 bits per heavy atom. The predicted molar refractivity (Wildman–Crippen MR) is 100 cm³/mol. The smallest absolute Gasteiger partial charge is 0.325 e. The highest BCUT2D eigenvalue weighted by atomic mass is 32.1. The van der Waals surface area contributed by atoms with Crippen LogP contribution in [0.4, 0.5) is 15.6 Å². The van der Waals surface area contributed by atoms with Crippen LogP contribution in [0.3, 0.4) is 0 Å². The number of rotatable bonds is 4. The number of hydrogen-bond donors (Lipinski definition) is 2. The number of nitrogens with one attached hydrogen (secondary N) is 2. The maximum absolute atomic E-state index is 12.3. The van der Waals surface area contributed by atoms with E-state index in [9.17, 15) is 9.59 Å². The van der Waals surface area contributed by atoms with Crippen LogP contribution >= 0.6 is 11.3 Å². The first-order chi connectivity index (χ1) is 12.1. The number of carbonyl (C=O) groups excluding carboxylic acids is 2. The second-order valence-electron chi connectivity index (χ2n) is 6.21. The second-order valence-corrected chi connectivity index (χ2v) is 7.07. The van der Waals surface area contributed by atoms with Gasteiger partial charge < -0.3 is 10.2 Å². The number of likely N-dealkylation sites (tertiary alicyclic amines) is 1. The number of piperidine rings is 1. The van der Waals surface area contributed by atoms with Crippen molar-refractivity contribution in [2.75, 3.05) is 23.7 Å². The molecule has 0 unspecified atom stereocenters. The molecule has 0 saturated carbocycles. The van der Waals surface area contributed by atoms with E-state index in [1.165, 1.54) is 17.8 Å². The fourth-order valence-corrected chi connectivity index (χ4v) is 3.46. The molecule has 0 bridgehead atoms. The van der Waals surface area contributed by atoms with E-state index in [1.807, 2.05) is 41.5 Å². The molecule has 6 nitrogen and oxygen atoms in total. The minimum Gasteiger partial charge on any atom is -0.342 e. The number of hydrogen-bond acceptors (Lipinski definition) is 4. The fourth-order valence-electron chi connectivity index (χ4n) is 2.75. The topological polar surface area (TPSA) is 74.3 Å². The van der Waals surface area contributed by atoms with Gasteiger partial charge in [0.05, 0.1) is 12.1 Å². The van der Waals surface area contributed by atoms with Gasteiger partial charge in [-0.3, -0.25) is 10.1 Å². The summed E-state index contributed by atoms with van der Waals surface area (Å²) in [5, 5.41) is 7.79. The number of aromatic nitrogens is 1. The van der Waals surface area contributed by atoms with Crippen molar-refractivity contribution in [1.82, 2.24) is 9.88 Å². The average molecular weight is 358 g/mol. The predicted octanol–water partition coefficient (Wildman–Crippen LogP) is 3.65. The molecule has 0 spiro atoms. The Morgan fingerprint density at radius 3 is 2.56 bits per heavy atom. The molecule has 1 aliphatic rings. The lowest BCUT2D eigenvalue weighted by Crippen LogP contribution is -2.36. The van der Waals surface area contributed by atoms with Crippen LogP contribution in [0.25, 0.3) is 0 Å². The molecule has 0 radical (unpaired) electrons. The molecular formula is C18H22N4O2S. The summed E-state index contributed by atoms with van der Waals surface area (Å²) in [5.41, 5.74) is 2.56. The number of anilines is 2. The molecule has 0 aliphatic carbocycles. The Morgan fingerprint density at radius 2 is 1.84 bits per heavy atom. The first-order valence-corrected chi connectivity index (χ1v) is 9.35. The first-order valence-electron chi connectivity index (χ1n) is 8.47. The van der Waals surface area contributed by atoms with E-state index in [-0.39, 0.29) is 18.4 Å². The molecule has 2 aromatic rings. The van der Waals surface area contributed by atoms with Crippen molar-refractivity contribution >= 4 is 34.1 Å². The van der Waals surface area contributed by atoms with Crippen molar-refractivity contribution in [3.8, 4) is 0 Å². The SMILES string of the molecule is Cc1ccc(NC(=O)Nc2nc(CC(=O)N3CCCCC3)cs2)cc1. The van der Waals surface area contributed by atoms with Crippen LogP contribution in [0, 0.1) is 6.92 Å². The zero-order chi connectivity index (χ0) is 17.6. The van der Waals surface area contributed by atoms with Crippen LogP contribution in [0.5, 0.6) is 0 Å². The lowest BCUT2D eigenvalue weighted by Gasteiger charge is -2.26. The maximum Gasteiger partial charge on any atom is 0.325 e. The molecule has 25 heavy (non-hydrogen) atoms. The summed E-state index contributed by atoms with van der Waals surface area (Å²) in [6, 6.07) is 7.22. The summed E-state index contributed by atoms with van der Waals surface area (Å²) in [6.07, 6.45) is 3.64. The number of nitrogens with zero attached hydrogens (tertiary/aromatic N) is 2. The highest BCUT2D eigenvalue weighted by Gasteiger charge is 2.18. The summed E-state index contributed by atoms with van der Waals surface area (Å²) in [7, 11) is 0. The fraction of sp³-hybridized carbons (Fsp3) is 0.389. The van der Waals surface area contributed by atoms with Gasteiger partial charge >= 0.3 is 6.03 Å². The van der Waals surface area contributed by atoms with Crippen molar-refractivity contribution in [1.29, 1.82) is 0 Å². The molecule has 1 saturated heterocycles. The summed E-state index contributed by atoms with van der Waals surface area (Å²) in [6.45, 7) is 3.67. The van der Waals surface area contributed by atoms with Crippen LogP contribution in [0.2, 0.25) is 0 Å². The number of aryl methyl sites for hydroxylation is 1. The lowest BCUT2D eigenvalue weighted by atomic mass is 10.1. The molecule has 2 heterocycles. The summed E-state index contributed by atoms with van der Waals surface area (Å²) < 4.78 is 0. The van der Waals surface area contributed by atoms with Crippen molar-refractivity contribution in [2.45, 2.75) is 32.6 Å². The quantitative estimate of drug-likeness (QED) is 0.876. The average Bonchev–Trinajstić information content (AvgIpc) is 3.04. The van der Waals surface area contributed by atoms with E-state index >= 15 is 0 Å². The molecule has 3 rings (SSSR count). The summed E-state index contributed by atoms with van der Waals surface area (Å²) >= 11 is 1.33. The van der Waals surface area contributed by atoms with Crippen molar-refractivity contribution in [2.24, 2.45) is 0 Å². The Kier molecular flexibility index (Phi) is 5.65. The number of carbonyl (C=O) groups is 2. The molecule has 2 N–H and O–H groups in total. The van der Waals surface area contributed by atoms with Crippen LogP contribution in [-0.2, 0) is 11.2 Å². The van der Waals surface area contributed by atoms with Crippen LogP contribution in [0.15, 0.2) is 29.6 Å². The monoisotopic (exact) mass is 358 g/mol. The number of urea groups is 1. The third kappa shape index (κ3) is 5.03. The van der Waals surface area contributed by atoms with Crippen LogP contribution < -0.4 is 10.6 Å². The van der Waals surface area contributed by atoms with E-state index in [0.717, 1.165) is 37.2 Å². The van der Waals surface area contributed by atoms with Crippen molar-refractivity contribution in [3.05, 3.63) is 40.9 Å². The van der Waals surface area contributed by atoms with Gasteiger partial charge in [0.1, 0.15) is 0 Å². The minimum absolute atomic E-state index is 0.112. The first kappa shape index (κ1) is 17.4. The molecule has 1 aliphatic heterocycles. The molecule has 132 valence electrons. The zero-order valence-corrected chi connectivity index (χ0v) is 15.1. The third-order valence-electron chi connectivity index (χ3n) is 4.12. The summed E-state index contributed by atoms with van der Waals surface area (Å²) in [5.74, 6) is 0.112. The molecule has 3 amide bonds. The van der Waals surface area contributed by atoms with Crippen molar-refractivity contribution < 1.29 is 9.59 Å². The van der Waals surface area contributed by atoms with Gasteiger partial charge in [0, 0.05) is 24.2 Å². The Balaban J connectivity index is 1.51. The normalized spacial score (nSPS) is 14.2. The van der Waals surface area contributed by atoms with Gasteiger partial charge in [-0.15, -0.1) is 11.3 Å². The van der Waals surface area contributed by atoms with Gasteiger partial charge in [0.25, 0.3) is 0 Å². The van der Waals surface area contributed by atoms with Gasteiger partial charge in [0.15, 0.2) is 5.13 Å². The van der Waals surface area contributed by atoms with Gasteiger partial charge in [-0.25, -0.2) is 9.78 Å². The molecule has 1 fully saturated rings. The number of thiazole rings is 1. The van der Waals surface area contributed by atoms with Crippen molar-refractivity contribution in [3.63, 3.8) is 0 Å². The third-order valence-corrected chi connectivity index (χ3v) is 4.93. The maximum atomic E-state index is 12.3. The van der Waals surface area contributed by atoms with Gasteiger partial charge in [-0.2, -0.15) is 0 Å². The molecule has 1 aromatic carbocycles. The van der Waals surface area contributed by atoms with Gasteiger partial charge in [-0.1, -0.05) is 17.7 Å². The Bertz CT molecular complexity index is 736. The minimum atomic E-state index is -0.341. The lowest BCUT2D eigenvalue weighted by molar-refractivity contribution is -0.131. The number of amides is 3. The van der Waals surface area contributed by atoms with Gasteiger partial charge in [-0.05, 0) is 38.3 Å². The van der Waals surface area contributed by atoms with Crippen LogP contribution in [0.1, 0.15) is 30.5 Å². The summed E-state index contributed by atoms with van der Waals surface area (Å²) in [4.78, 5) is 30.5. The second kappa shape index (κ2) is 8.11. The molecule has 7 heteroatoms. The van der Waals surface area contributed by atoms with E-state index < -0.39 is 0 Å². The Labute approximate surface area is 151 Å². The Hall–Kier alpha value is -2.41. The van der Waals surface area contributed by atoms with Crippen LogP contribution in [-0.4, -0.2) is 34.9 Å². The zero-order valence-electron chi connectivity index (χ0n) is 14.2. The molecule has 0 atom stereocenters. The number of benzene rings is 1. The standard InChI is InChI=1S/C18H22N4O2S/c1-13-5-7-14(8-6-13)19-17(24)21-18-20-15(12-25-18)11-16(23)22-9-3-2-4-10-22/h5-8,12H,2-4,9-11H2,1H3,(H2,19,20,21,24). The van der Waals surface area contributed by atoms with E-state index in [4.69, 9.17) is 0 Å². The van der Waals surface area contributed by atoms with Gasteiger partial charge in [0.2, 0.25) is 5.91 Å².